The van der Waals surface area contributed by atoms with E-state index in [4.69, 9.17) is 4.74 Å². The Morgan fingerprint density at radius 1 is 0.900 bits per heavy atom. The first-order valence-electron chi connectivity index (χ1n) is 9.60. The topological polar surface area (TPSA) is 39.9 Å². The van der Waals surface area contributed by atoms with Crippen molar-refractivity contribution in [3.05, 3.63) is 89.2 Å². The first-order valence-corrected chi connectivity index (χ1v) is 10.6. The van der Waals surface area contributed by atoms with Crippen LogP contribution >= 0.6 is 11.8 Å². The predicted octanol–water partition coefficient (Wildman–Crippen LogP) is 5.99. The molecule has 0 atom stereocenters. The molecule has 0 saturated heterocycles. The first-order chi connectivity index (χ1) is 14.5. The molecule has 4 nitrogen and oxygen atoms in total. The summed E-state index contributed by atoms with van der Waals surface area (Å²) in [6, 6.07) is 21.5. The number of methoxy groups -OCH3 is 1. The molecule has 4 aromatic rings. The number of benzene rings is 3. The summed E-state index contributed by atoms with van der Waals surface area (Å²) in [4.78, 5) is 0. The molecule has 0 amide bonds. The van der Waals surface area contributed by atoms with Crippen molar-refractivity contribution in [2.45, 2.75) is 24.8 Å². The molecule has 4 rings (SSSR count). The summed E-state index contributed by atoms with van der Waals surface area (Å²) in [6.07, 6.45) is 0. The number of rotatable bonds is 6. The van der Waals surface area contributed by atoms with Crippen molar-refractivity contribution in [1.82, 2.24) is 14.8 Å². The summed E-state index contributed by atoms with van der Waals surface area (Å²) < 4.78 is 21.1. The molecule has 1 heterocycles. The minimum Gasteiger partial charge on any atom is -0.494 e. The highest BCUT2D eigenvalue weighted by atomic mass is 32.2. The van der Waals surface area contributed by atoms with Crippen LogP contribution in [0.3, 0.4) is 0 Å². The first kappa shape index (κ1) is 20.2. The van der Waals surface area contributed by atoms with Gasteiger partial charge in [0.25, 0.3) is 0 Å². The van der Waals surface area contributed by atoms with Crippen molar-refractivity contribution < 1.29 is 9.13 Å². The largest absolute Gasteiger partial charge is 0.494 e. The third kappa shape index (κ3) is 4.24. The van der Waals surface area contributed by atoms with Gasteiger partial charge >= 0.3 is 0 Å². The van der Waals surface area contributed by atoms with Crippen molar-refractivity contribution >= 4 is 11.8 Å². The molecule has 0 bridgehead atoms. The Labute approximate surface area is 179 Å². The van der Waals surface area contributed by atoms with Crippen LogP contribution in [-0.2, 0) is 5.75 Å². The maximum Gasteiger partial charge on any atom is 0.196 e. The van der Waals surface area contributed by atoms with Gasteiger partial charge in [0.15, 0.2) is 22.5 Å². The molecule has 0 fully saturated rings. The van der Waals surface area contributed by atoms with E-state index in [2.05, 4.69) is 77.1 Å². The molecule has 6 heteroatoms. The van der Waals surface area contributed by atoms with Crippen LogP contribution in [0.25, 0.3) is 17.1 Å². The van der Waals surface area contributed by atoms with Crippen LogP contribution < -0.4 is 4.74 Å². The van der Waals surface area contributed by atoms with Gasteiger partial charge < -0.3 is 4.74 Å². The molecule has 30 heavy (non-hydrogen) atoms. The van der Waals surface area contributed by atoms with Crippen molar-refractivity contribution in [1.29, 1.82) is 0 Å². The quantitative estimate of drug-likeness (QED) is 0.360. The molecule has 0 aliphatic heterocycles. The van der Waals surface area contributed by atoms with Crippen LogP contribution in [0.1, 0.15) is 16.7 Å². The van der Waals surface area contributed by atoms with Gasteiger partial charge in [-0.05, 0) is 43.7 Å². The average Bonchev–Trinajstić information content (AvgIpc) is 3.17. The summed E-state index contributed by atoms with van der Waals surface area (Å²) in [5.41, 5.74) is 5.22. The lowest BCUT2D eigenvalue weighted by Crippen LogP contribution is -2.00. The van der Waals surface area contributed by atoms with Crippen molar-refractivity contribution in [2.75, 3.05) is 7.11 Å². The maximum atomic E-state index is 14.0. The smallest absolute Gasteiger partial charge is 0.196 e. The van der Waals surface area contributed by atoms with Crippen molar-refractivity contribution in [3.63, 3.8) is 0 Å². The molecule has 152 valence electrons. The standard InChI is InChI=1S/C24H22FN3OS/c1-16-4-9-19(10-5-16)23-26-27-24(28(23)20-11-6-17(2)7-12-20)30-15-18-8-13-22(29-3)21(25)14-18/h4-14H,15H2,1-3H3. The van der Waals surface area contributed by atoms with Gasteiger partial charge in [0, 0.05) is 17.0 Å². The van der Waals surface area contributed by atoms with Gasteiger partial charge in [-0.1, -0.05) is 65.4 Å². The second kappa shape index (κ2) is 8.71. The van der Waals surface area contributed by atoms with Crippen LogP contribution in [0, 0.1) is 19.7 Å². The second-order valence-electron chi connectivity index (χ2n) is 7.10. The van der Waals surface area contributed by atoms with Crippen LogP contribution in [0.15, 0.2) is 71.9 Å². The Morgan fingerprint density at radius 3 is 2.20 bits per heavy atom. The number of halogens is 1. The summed E-state index contributed by atoms with van der Waals surface area (Å²) in [5, 5.41) is 9.67. The van der Waals surface area contributed by atoms with E-state index in [0.29, 0.717) is 5.75 Å². The van der Waals surface area contributed by atoms with E-state index >= 15 is 0 Å². The number of thioether (sulfide) groups is 1. The average molecular weight is 420 g/mol. The molecule has 0 saturated carbocycles. The van der Waals surface area contributed by atoms with Crippen LogP contribution in [0.4, 0.5) is 4.39 Å². The van der Waals surface area contributed by atoms with Gasteiger partial charge in [-0.15, -0.1) is 10.2 Å². The lowest BCUT2D eigenvalue weighted by molar-refractivity contribution is 0.386. The number of hydrogen-bond donors (Lipinski definition) is 0. The van der Waals surface area contributed by atoms with E-state index in [-0.39, 0.29) is 11.6 Å². The number of aryl methyl sites for hydroxylation is 2. The normalized spacial score (nSPS) is 10.9. The Balaban J connectivity index is 1.69. The second-order valence-corrected chi connectivity index (χ2v) is 8.04. The van der Waals surface area contributed by atoms with Gasteiger partial charge in [0.2, 0.25) is 0 Å². The van der Waals surface area contributed by atoms with Gasteiger partial charge in [-0.25, -0.2) is 4.39 Å². The van der Waals surface area contributed by atoms with E-state index in [0.717, 1.165) is 27.8 Å². The fourth-order valence-electron chi connectivity index (χ4n) is 3.13. The number of nitrogens with zero attached hydrogens (tertiary/aromatic N) is 3. The van der Waals surface area contributed by atoms with Crippen molar-refractivity contribution in [2.24, 2.45) is 0 Å². The van der Waals surface area contributed by atoms with Gasteiger partial charge in [0.1, 0.15) is 0 Å². The summed E-state index contributed by atoms with van der Waals surface area (Å²) in [5.74, 6) is 1.23. The van der Waals surface area contributed by atoms with Gasteiger partial charge in [-0.3, -0.25) is 4.57 Å². The Bertz CT molecular complexity index is 1150. The molecule has 3 aromatic carbocycles. The monoisotopic (exact) mass is 419 g/mol. The van der Waals surface area contributed by atoms with E-state index < -0.39 is 0 Å². The predicted molar refractivity (Wildman–Crippen MR) is 119 cm³/mol. The third-order valence-corrected chi connectivity index (χ3v) is 5.82. The van der Waals surface area contributed by atoms with Crippen LogP contribution in [0.5, 0.6) is 5.75 Å². The zero-order chi connectivity index (χ0) is 21.1. The zero-order valence-electron chi connectivity index (χ0n) is 17.1. The minimum absolute atomic E-state index is 0.244. The molecule has 0 aliphatic rings. The highest BCUT2D eigenvalue weighted by molar-refractivity contribution is 7.98. The number of hydrogen-bond acceptors (Lipinski definition) is 4. The highest BCUT2D eigenvalue weighted by Crippen LogP contribution is 2.31. The van der Waals surface area contributed by atoms with Crippen LogP contribution in [-0.4, -0.2) is 21.9 Å². The van der Waals surface area contributed by atoms with E-state index in [1.54, 1.807) is 6.07 Å². The van der Waals surface area contributed by atoms with Crippen molar-refractivity contribution in [3.8, 4) is 22.8 Å². The summed E-state index contributed by atoms with van der Waals surface area (Å²) >= 11 is 1.52. The molecule has 0 radical (unpaired) electrons. The van der Waals surface area contributed by atoms with E-state index in [1.165, 1.54) is 36.1 Å². The Morgan fingerprint density at radius 2 is 1.57 bits per heavy atom. The summed E-state index contributed by atoms with van der Waals surface area (Å²) in [7, 11) is 1.46. The zero-order valence-corrected chi connectivity index (χ0v) is 17.9. The SMILES string of the molecule is COc1ccc(CSc2nnc(-c3ccc(C)cc3)n2-c2ccc(C)cc2)cc1F. The lowest BCUT2D eigenvalue weighted by atomic mass is 10.1. The fraction of sp³-hybridized carbons (Fsp3) is 0.167. The molecule has 0 unspecified atom stereocenters. The Hall–Kier alpha value is -3.12. The molecular weight excluding hydrogens is 397 g/mol. The third-order valence-electron chi connectivity index (χ3n) is 4.82. The van der Waals surface area contributed by atoms with E-state index in [9.17, 15) is 4.39 Å². The Kier molecular flexibility index (Phi) is 5.86. The highest BCUT2D eigenvalue weighted by Gasteiger charge is 2.16. The number of ether oxygens (including phenoxy) is 1. The number of aromatic nitrogens is 3. The molecule has 0 spiro atoms. The summed E-state index contributed by atoms with van der Waals surface area (Å²) in [6.45, 7) is 4.12. The molecular formula is C24H22FN3OS. The minimum atomic E-state index is -0.365. The van der Waals surface area contributed by atoms with Crippen LogP contribution in [0.2, 0.25) is 0 Å². The van der Waals surface area contributed by atoms with Gasteiger partial charge in [0.05, 0.1) is 7.11 Å². The molecule has 0 aliphatic carbocycles. The fourth-order valence-corrected chi connectivity index (χ4v) is 4.02. The molecule has 1 aromatic heterocycles. The van der Waals surface area contributed by atoms with Gasteiger partial charge in [-0.2, -0.15) is 0 Å². The van der Waals surface area contributed by atoms with E-state index in [1.807, 2.05) is 6.07 Å². The maximum absolute atomic E-state index is 14.0. The lowest BCUT2D eigenvalue weighted by Gasteiger charge is -2.11. The molecule has 0 N–H and O–H groups in total.